The molecule has 1 aromatic carbocycles. The number of carbonyl (C=O) groups excluding carboxylic acids is 1. The molecule has 1 heterocycles. The molecular weight excluding hydrogens is 204 g/mol. The summed E-state index contributed by atoms with van der Waals surface area (Å²) in [7, 11) is 1.64. The summed E-state index contributed by atoms with van der Waals surface area (Å²) >= 11 is 0. The summed E-state index contributed by atoms with van der Waals surface area (Å²) in [5.41, 5.74) is 3.83. The number of methoxy groups -OCH3 is 1. The quantitative estimate of drug-likeness (QED) is 0.752. The van der Waals surface area contributed by atoms with Crippen LogP contribution < -0.4 is 10.2 Å². The molecule has 1 aromatic rings. The van der Waals surface area contributed by atoms with E-state index in [2.05, 4.69) is 5.43 Å². The highest BCUT2D eigenvalue weighted by Gasteiger charge is 2.29. The van der Waals surface area contributed by atoms with Crippen molar-refractivity contribution in [3.8, 4) is 5.75 Å². The zero-order chi connectivity index (χ0) is 11.5. The highest BCUT2D eigenvalue weighted by Crippen LogP contribution is 2.10. The molecule has 0 aromatic heterocycles. The molecule has 0 aliphatic carbocycles. The van der Waals surface area contributed by atoms with Crippen molar-refractivity contribution in [2.45, 2.75) is 19.4 Å². The molecule has 1 aliphatic heterocycles. The molecule has 1 amide bonds. The fourth-order valence-corrected chi connectivity index (χ4v) is 1.68. The Morgan fingerprint density at radius 2 is 2.12 bits per heavy atom. The summed E-state index contributed by atoms with van der Waals surface area (Å²) in [5, 5.41) is 0. The van der Waals surface area contributed by atoms with Crippen LogP contribution in [-0.2, 0) is 4.79 Å². The summed E-state index contributed by atoms with van der Waals surface area (Å²) < 4.78 is 6.92. The maximum atomic E-state index is 11.2. The minimum absolute atomic E-state index is 0.0669. The second-order valence-electron chi connectivity index (χ2n) is 3.90. The highest BCUT2D eigenvalue weighted by atomic mass is 16.5. The van der Waals surface area contributed by atoms with Crippen LogP contribution in [0.2, 0.25) is 0 Å². The molecule has 2 rings (SSSR count). The van der Waals surface area contributed by atoms with Crippen LogP contribution in [0.5, 0.6) is 5.75 Å². The first-order valence-electron chi connectivity index (χ1n) is 5.26. The van der Waals surface area contributed by atoms with Crippen LogP contribution in [-0.4, -0.2) is 30.0 Å². The lowest BCUT2D eigenvalue weighted by Gasteiger charge is -2.00. The summed E-state index contributed by atoms with van der Waals surface area (Å²) in [4.78, 5) is 11.2. The minimum Gasteiger partial charge on any atom is -0.497 e. The maximum absolute atomic E-state index is 11.2. The zero-order valence-corrected chi connectivity index (χ0v) is 9.43. The molecule has 0 spiro atoms. The third-order valence-electron chi connectivity index (χ3n) is 2.61. The Balaban J connectivity index is 2.19. The van der Waals surface area contributed by atoms with Gasteiger partial charge >= 0.3 is 0 Å². The summed E-state index contributed by atoms with van der Waals surface area (Å²) in [6.45, 7) is 2.01. The number of rotatable bonds is 2. The van der Waals surface area contributed by atoms with Crippen LogP contribution in [0.3, 0.4) is 0 Å². The molecule has 84 valence electrons. The molecular formula is C12H15N2O2+. The van der Waals surface area contributed by atoms with E-state index in [0.717, 1.165) is 11.3 Å². The van der Waals surface area contributed by atoms with Crippen LogP contribution in [0.1, 0.15) is 18.9 Å². The van der Waals surface area contributed by atoms with E-state index in [9.17, 15) is 4.79 Å². The predicted molar refractivity (Wildman–Crippen MR) is 60.6 cm³/mol. The van der Waals surface area contributed by atoms with Crippen LogP contribution in [0.4, 0.5) is 0 Å². The second kappa shape index (κ2) is 4.35. The number of carbonyl (C=O) groups is 1. The van der Waals surface area contributed by atoms with E-state index >= 15 is 0 Å². The molecule has 0 saturated carbocycles. The van der Waals surface area contributed by atoms with Gasteiger partial charge in [-0.1, -0.05) is 0 Å². The van der Waals surface area contributed by atoms with Crippen molar-refractivity contribution in [1.82, 2.24) is 5.43 Å². The van der Waals surface area contributed by atoms with Crippen molar-refractivity contribution < 1.29 is 14.2 Å². The number of hydrogen-bond donors (Lipinski definition) is 1. The first-order valence-corrected chi connectivity index (χ1v) is 5.26. The monoisotopic (exact) mass is 219 g/mol. The normalized spacial score (nSPS) is 22.2. The van der Waals surface area contributed by atoms with Gasteiger partial charge in [0.05, 0.1) is 13.5 Å². The van der Waals surface area contributed by atoms with E-state index in [-0.39, 0.29) is 11.9 Å². The number of amides is 1. The van der Waals surface area contributed by atoms with Crippen molar-refractivity contribution in [1.29, 1.82) is 0 Å². The van der Waals surface area contributed by atoms with Crippen molar-refractivity contribution in [3.63, 3.8) is 0 Å². The number of benzene rings is 1. The van der Waals surface area contributed by atoms with E-state index in [1.54, 1.807) is 7.11 Å². The maximum Gasteiger partial charge on any atom is 0.281 e. The topological polar surface area (TPSA) is 41.3 Å². The fourth-order valence-electron chi connectivity index (χ4n) is 1.68. The molecule has 4 heteroatoms. The average Bonchev–Trinajstić information content (AvgIpc) is 2.59. The lowest BCUT2D eigenvalue weighted by atomic mass is 10.2. The molecule has 16 heavy (non-hydrogen) atoms. The van der Waals surface area contributed by atoms with Gasteiger partial charge in [-0.15, -0.1) is 10.1 Å². The first kappa shape index (κ1) is 10.7. The van der Waals surface area contributed by atoms with E-state index in [0.29, 0.717) is 6.42 Å². The summed E-state index contributed by atoms with van der Waals surface area (Å²) in [6.07, 6.45) is 2.47. The van der Waals surface area contributed by atoms with Gasteiger partial charge in [0, 0.05) is 12.5 Å². The van der Waals surface area contributed by atoms with Gasteiger partial charge in [0.25, 0.3) is 5.91 Å². The van der Waals surface area contributed by atoms with Crippen molar-refractivity contribution >= 4 is 12.1 Å². The molecule has 1 atom stereocenters. The third kappa shape index (κ3) is 2.21. The van der Waals surface area contributed by atoms with Gasteiger partial charge in [-0.05, 0) is 24.3 Å². The largest absolute Gasteiger partial charge is 0.497 e. The molecule has 0 bridgehead atoms. The molecule has 1 aliphatic rings. The van der Waals surface area contributed by atoms with Crippen LogP contribution >= 0.6 is 0 Å². The molecule has 1 saturated heterocycles. The predicted octanol–water partition coefficient (Wildman–Crippen LogP) is 0.950. The van der Waals surface area contributed by atoms with Gasteiger partial charge in [-0.25, -0.2) is 0 Å². The highest BCUT2D eigenvalue weighted by molar-refractivity contribution is 5.80. The van der Waals surface area contributed by atoms with Crippen LogP contribution in [0.15, 0.2) is 24.3 Å². The first-order chi connectivity index (χ1) is 7.69. The molecule has 4 nitrogen and oxygen atoms in total. The number of nitrogens with one attached hydrogen (secondary N) is 1. The molecule has 1 fully saturated rings. The summed E-state index contributed by atoms with van der Waals surface area (Å²) in [6, 6.07) is 7.91. The Kier molecular flexibility index (Phi) is 2.90. The average molecular weight is 219 g/mol. The Morgan fingerprint density at radius 3 is 2.62 bits per heavy atom. The van der Waals surface area contributed by atoms with E-state index in [1.807, 2.05) is 42.1 Å². The number of hydrazone groups is 1. The Hall–Kier alpha value is -1.84. The van der Waals surface area contributed by atoms with Crippen LogP contribution in [0, 0.1) is 0 Å². The smallest absolute Gasteiger partial charge is 0.281 e. The van der Waals surface area contributed by atoms with Gasteiger partial charge < -0.3 is 4.74 Å². The minimum atomic E-state index is 0.0669. The van der Waals surface area contributed by atoms with Gasteiger partial charge in [-0.2, -0.15) is 0 Å². The standard InChI is InChI=1S/C12H14N2O2/c1-9-7-12(15)13-14(9)8-10-3-5-11(16-2)6-4-10/h3-6,8-9H,7H2,1-2H3/p+1/b14-8+. The van der Waals surface area contributed by atoms with Crippen LogP contribution in [0.25, 0.3) is 0 Å². The lowest BCUT2D eigenvalue weighted by Crippen LogP contribution is -2.28. The number of hydrazine groups is 1. The van der Waals surface area contributed by atoms with Crippen molar-refractivity contribution in [2.24, 2.45) is 0 Å². The molecule has 1 N–H and O–H groups in total. The molecule has 1 unspecified atom stereocenters. The third-order valence-corrected chi connectivity index (χ3v) is 2.61. The van der Waals surface area contributed by atoms with E-state index in [1.165, 1.54) is 0 Å². The number of hydrogen-bond acceptors (Lipinski definition) is 2. The van der Waals surface area contributed by atoms with Gasteiger partial charge in [0.2, 0.25) is 6.21 Å². The fraction of sp³-hybridized carbons (Fsp3) is 0.333. The van der Waals surface area contributed by atoms with Crippen molar-refractivity contribution in [3.05, 3.63) is 29.8 Å². The van der Waals surface area contributed by atoms with Crippen molar-refractivity contribution in [2.75, 3.05) is 7.11 Å². The van der Waals surface area contributed by atoms with Gasteiger partial charge in [-0.3, -0.25) is 4.79 Å². The number of nitrogens with zero attached hydrogens (tertiary/aromatic N) is 1. The second-order valence-corrected chi connectivity index (χ2v) is 3.90. The SMILES string of the molecule is COc1ccc(/C=[N+]2/NC(=O)CC2C)cc1. The Morgan fingerprint density at radius 1 is 1.44 bits per heavy atom. The number of ether oxygens (including phenoxy) is 1. The Bertz CT molecular complexity index is 423. The summed E-state index contributed by atoms with van der Waals surface area (Å²) in [5.74, 6) is 0.896. The Labute approximate surface area is 94.5 Å². The van der Waals surface area contributed by atoms with Gasteiger partial charge in [0.15, 0.2) is 6.04 Å². The van der Waals surface area contributed by atoms with E-state index in [4.69, 9.17) is 4.74 Å². The van der Waals surface area contributed by atoms with E-state index < -0.39 is 0 Å². The zero-order valence-electron chi connectivity index (χ0n) is 9.43. The molecule has 0 radical (unpaired) electrons. The van der Waals surface area contributed by atoms with Gasteiger partial charge in [0.1, 0.15) is 5.75 Å². The lowest BCUT2D eigenvalue weighted by molar-refractivity contribution is -0.585.